The predicted octanol–water partition coefficient (Wildman–Crippen LogP) is 1.78. The Labute approximate surface area is 117 Å². The van der Waals surface area contributed by atoms with E-state index < -0.39 is 10.0 Å². The topological polar surface area (TPSA) is 76.3 Å². The van der Waals surface area contributed by atoms with Gasteiger partial charge in [-0.05, 0) is 53.7 Å². The van der Waals surface area contributed by atoms with Gasteiger partial charge in [0, 0.05) is 13.1 Å². The third kappa shape index (κ3) is 2.55. The molecular formula is C13H17N3O3S. The van der Waals surface area contributed by atoms with Crippen LogP contribution in [-0.4, -0.2) is 36.1 Å². The van der Waals surface area contributed by atoms with Gasteiger partial charge in [0.2, 0.25) is 10.0 Å². The number of nitrogens with zero attached hydrogens (tertiary/aromatic N) is 3. The van der Waals surface area contributed by atoms with Crippen LogP contribution in [0.25, 0.3) is 11.0 Å². The lowest BCUT2D eigenvalue weighted by atomic mass is 10.2. The zero-order chi connectivity index (χ0) is 14.3. The molecule has 1 saturated carbocycles. The van der Waals surface area contributed by atoms with Crippen LogP contribution in [0.4, 0.5) is 0 Å². The zero-order valence-corrected chi connectivity index (χ0v) is 12.3. The highest BCUT2D eigenvalue weighted by Crippen LogP contribution is 2.35. The van der Waals surface area contributed by atoms with Crippen molar-refractivity contribution in [1.82, 2.24) is 14.6 Å². The largest absolute Gasteiger partial charge is 0.243 e. The first-order chi connectivity index (χ1) is 9.47. The van der Waals surface area contributed by atoms with Crippen molar-refractivity contribution in [3.8, 4) is 0 Å². The molecule has 1 aliphatic rings. The molecule has 0 N–H and O–H groups in total. The molecule has 0 amide bonds. The number of rotatable bonds is 5. The Kier molecular flexibility index (Phi) is 3.25. The molecule has 0 bridgehead atoms. The van der Waals surface area contributed by atoms with Crippen molar-refractivity contribution >= 4 is 21.1 Å². The smallest absolute Gasteiger partial charge is 0.218 e. The van der Waals surface area contributed by atoms with Gasteiger partial charge in [-0.25, -0.2) is 17.4 Å². The number of benzene rings is 1. The average molecular weight is 295 g/mol. The van der Waals surface area contributed by atoms with E-state index in [9.17, 15) is 8.42 Å². The molecule has 108 valence electrons. The number of sulfonamides is 1. The first-order valence-electron chi connectivity index (χ1n) is 6.64. The third-order valence-corrected chi connectivity index (χ3v) is 5.89. The molecule has 20 heavy (non-hydrogen) atoms. The Balaban J connectivity index is 1.80. The molecule has 7 heteroatoms. The molecule has 0 saturated heterocycles. The van der Waals surface area contributed by atoms with Crippen LogP contribution < -0.4 is 0 Å². The minimum Gasteiger partial charge on any atom is -0.243 e. The van der Waals surface area contributed by atoms with Gasteiger partial charge in [0.05, 0.1) is 5.75 Å². The molecule has 1 atom stereocenters. The summed E-state index contributed by atoms with van der Waals surface area (Å²) in [4.78, 5) is 0. The molecule has 0 aliphatic heterocycles. The van der Waals surface area contributed by atoms with Crippen molar-refractivity contribution < 1.29 is 13.0 Å². The van der Waals surface area contributed by atoms with E-state index in [0.29, 0.717) is 22.5 Å². The normalized spacial score (nSPS) is 17.8. The summed E-state index contributed by atoms with van der Waals surface area (Å²) in [6.07, 6.45) is 2.25. The molecule has 0 unspecified atom stereocenters. The van der Waals surface area contributed by atoms with E-state index in [2.05, 4.69) is 14.9 Å². The third-order valence-electron chi connectivity index (χ3n) is 3.98. The fourth-order valence-electron chi connectivity index (χ4n) is 2.36. The zero-order valence-electron chi connectivity index (χ0n) is 11.5. The van der Waals surface area contributed by atoms with Crippen molar-refractivity contribution in [2.45, 2.75) is 31.6 Å². The van der Waals surface area contributed by atoms with E-state index in [0.717, 1.165) is 12.8 Å². The van der Waals surface area contributed by atoms with Gasteiger partial charge in [0.25, 0.3) is 0 Å². The first kappa shape index (κ1) is 13.5. The summed E-state index contributed by atoms with van der Waals surface area (Å²) in [5.74, 6) is 0.487. The highest BCUT2D eigenvalue weighted by atomic mass is 32.2. The van der Waals surface area contributed by atoms with Crippen LogP contribution in [0.15, 0.2) is 22.8 Å². The molecule has 1 aromatic carbocycles. The fraction of sp³-hybridized carbons (Fsp3) is 0.538. The summed E-state index contributed by atoms with van der Waals surface area (Å²) in [6.45, 7) is 1.97. The standard InChI is InChI=1S/C13H17N3O3S/c1-9(11-4-5-11)16(2)20(17,18)8-10-3-6-12-13(7-10)15-19-14-12/h3,6-7,9,11H,4-5,8H2,1-2H3/t9-/m0/s1. The Hall–Kier alpha value is -1.47. The van der Waals surface area contributed by atoms with Gasteiger partial charge in [-0.3, -0.25) is 0 Å². The van der Waals surface area contributed by atoms with Crippen LogP contribution in [0, 0.1) is 5.92 Å². The number of hydrogen-bond donors (Lipinski definition) is 0. The second-order valence-corrected chi connectivity index (χ2v) is 7.47. The minimum absolute atomic E-state index is 0.0244. The summed E-state index contributed by atoms with van der Waals surface area (Å²) in [5.41, 5.74) is 1.91. The maximum Gasteiger partial charge on any atom is 0.218 e. The van der Waals surface area contributed by atoms with Crippen LogP contribution in [-0.2, 0) is 15.8 Å². The Morgan fingerprint density at radius 2 is 2.05 bits per heavy atom. The summed E-state index contributed by atoms with van der Waals surface area (Å²) >= 11 is 0. The van der Waals surface area contributed by atoms with Crippen LogP contribution in [0.3, 0.4) is 0 Å². The van der Waals surface area contributed by atoms with Gasteiger partial charge < -0.3 is 0 Å². The van der Waals surface area contributed by atoms with Crippen molar-refractivity contribution in [3.05, 3.63) is 23.8 Å². The van der Waals surface area contributed by atoms with E-state index in [1.54, 1.807) is 25.2 Å². The number of aromatic nitrogens is 2. The number of hydrogen-bond acceptors (Lipinski definition) is 5. The summed E-state index contributed by atoms with van der Waals surface area (Å²) in [6, 6.07) is 5.25. The molecule has 2 aromatic rings. The number of fused-ring (bicyclic) bond motifs is 1. The highest BCUT2D eigenvalue weighted by Gasteiger charge is 2.35. The maximum absolute atomic E-state index is 12.4. The van der Waals surface area contributed by atoms with Gasteiger partial charge in [-0.15, -0.1) is 0 Å². The lowest BCUT2D eigenvalue weighted by molar-refractivity contribution is 0.315. The predicted molar refractivity (Wildman–Crippen MR) is 74.4 cm³/mol. The maximum atomic E-state index is 12.4. The van der Waals surface area contributed by atoms with Gasteiger partial charge in [0.1, 0.15) is 11.0 Å². The molecule has 3 rings (SSSR count). The SMILES string of the molecule is C[C@@H](C1CC1)N(C)S(=O)(=O)Cc1ccc2nonc2c1. The molecule has 1 aromatic heterocycles. The molecule has 0 radical (unpaired) electrons. The van der Waals surface area contributed by atoms with Crippen molar-refractivity contribution in [2.75, 3.05) is 7.05 Å². The monoisotopic (exact) mass is 295 g/mol. The van der Waals surface area contributed by atoms with E-state index in [-0.39, 0.29) is 11.8 Å². The lowest BCUT2D eigenvalue weighted by Gasteiger charge is -2.24. The summed E-state index contributed by atoms with van der Waals surface area (Å²) < 4.78 is 30.9. The van der Waals surface area contributed by atoms with Crippen LogP contribution in [0.5, 0.6) is 0 Å². The van der Waals surface area contributed by atoms with Crippen molar-refractivity contribution in [3.63, 3.8) is 0 Å². The van der Waals surface area contributed by atoms with Gasteiger partial charge in [0.15, 0.2) is 0 Å². The molecule has 1 aliphatic carbocycles. The van der Waals surface area contributed by atoms with Gasteiger partial charge in [-0.2, -0.15) is 0 Å². The van der Waals surface area contributed by atoms with E-state index in [1.807, 2.05) is 6.92 Å². The quantitative estimate of drug-likeness (QED) is 0.840. The second-order valence-electron chi connectivity index (χ2n) is 5.44. The lowest BCUT2D eigenvalue weighted by Crippen LogP contribution is -2.37. The molecule has 0 spiro atoms. The highest BCUT2D eigenvalue weighted by molar-refractivity contribution is 7.88. The van der Waals surface area contributed by atoms with E-state index >= 15 is 0 Å². The Morgan fingerprint density at radius 1 is 1.35 bits per heavy atom. The average Bonchev–Trinajstić information content (AvgIpc) is 3.15. The van der Waals surface area contributed by atoms with Crippen molar-refractivity contribution in [1.29, 1.82) is 0 Å². The molecule has 6 nitrogen and oxygen atoms in total. The first-order valence-corrected chi connectivity index (χ1v) is 8.25. The van der Waals surface area contributed by atoms with Crippen LogP contribution >= 0.6 is 0 Å². The van der Waals surface area contributed by atoms with Crippen LogP contribution in [0.2, 0.25) is 0 Å². The van der Waals surface area contributed by atoms with Crippen molar-refractivity contribution in [2.24, 2.45) is 5.92 Å². The molecule has 1 heterocycles. The summed E-state index contributed by atoms with van der Waals surface area (Å²) in [7, 11) is -1.65. The Bertz CT molecular complexity index is 721. The summed E-state index contributed by atoms with van der Waals surface area (Å²) in [5, 5.41) is 7.44. The second kappa shape index (κ2) is 4.82. The van der Waals surface area contributed by atoms with Gasteiger partial charge >= 0.3 is 0 Å². The van der Waals surface area contributed by atoms with E-state index in [4.69, 9.17) is 0 Å². The fourth-order valence-corrected chi connectivity index (χ4v) is 3.84. The van der Waals surface area contributed by atoms with E-state index in [1.165, 1.54) is 4.31 Å². The molecular weight excluding hydrogens is 278 g/mol. The van der Waals surface area contributed by atoms with Crippen LogP contribution in [0.1, 0.15) is 25.3 Å². The minimum atomic E-state index is -3.31. The molecule has 1 fully saturated rings. The Morgan fingerprint density at radius 3 is 2.75 bits per heavy atom. The van der Waals surface area contributed by atoms with Gasteiger partial charge in [-0.1, -0.05) is 6.07 Å².